The van der Waals surface area contributed by atoms with Crippen molar-refractivity contribution in [3.8, 4) is 0 Å². The molecule has 0 aromatic carbocycles. The molecule has 5 radical (unpaired) electrons. The third-order valence-corrected chi connectivity index (χ3v) is 0. The zero-order valence-corrected chi connectivity index (χ0v) is 2.38. The van der Waals surface area contributed by atoms with Crippen LogP contribution in [0.1, 0.15) is 0 Å². The summed E-state index contributed by atoms with van der Waals surface area (Å²) in [5, 5.41) is 15.2. The minimum atomic E-state index is 0. The van der Waals surface area contributed by atoms with Gasteiger partial charge in [-0.25, -0.2) is 0 Å². The molecule has 0 unspecified atom stereocenters. The third-order valence-electron chi connectivity index (χ3n) is 0. The monoisotopic (exact) mass is 79.0 g/mol. The predicted octanol–water partition coefficient (Wildman–Crippen LogP) is -1.84. The molecule has 0 saturated heterocycles. The van der Waals surface area contributed by atoms with Crippen molar-refractivity contribution in [2.75, 3.05) is 0 Å². The van der Waals surface area contributed by atoms with Gasteiger partial charge in [0.15, 0.2) is 0 Å². The molecule has 0 heterocycles. The van der Waals surface area contributed by atoms with Crippen molar-refractivity contribution in [2.45, 2.75) is 0 Å². The second kappa shape index (κ2) is 745. The molecule has 5 heavy (non-hydrogen) atoms. The second-order valence-electron chi connectivity index (χ2n) is 0. The van der Waals surface area contributed by atoms with Crippen LogP contribution in [-0.2, 0) is 5.48 Å². The standard InChI is InChI=1S/H3NO.NO.O/c2*1-2;/h1H3;;. The van der Waals surface area contributed by atoms with Gasteiger partial charge in [-0.2, -0.15) is 0 Å². The molecule has 0 saturated carbocycles. The first-order valence-electron chi connectivity index (χ1n) is 0.471. The largest absolute Gasteiger partial charge is 0.637 e. The molecule has 0 fully saturated rings. The van der Waals surface area contributed by atoms with E-state index in [1.54, 1.807) is 0 Å². The fourth-order valence-corrected chi connectivity index (χ4v) is 0. The predicted molar refractivity (Wildman–Crippen MR) is 12.4 cm³/mol. The van der Waals surface area contributed by atoms with Crippen molar-refractivity contribution in [1.82, 2.24) is 5.90 Å². The number of rotatable bonds is 0. The van der Waals surface area contributed by atoms with Crippen molar-refractivity contribution >= 4 is 0 Å². The number of quaternary nitrogens is 1. The summed E-state index contributed by atoms with van der Waals surface area (Å²) in [7, 11) is 0. The normalized spacial score (nSPS) is 2.40. The topological polar surface area (TPSA) is 125 Å². The summed E-state index contributed by atoms with van der Waals surface area (Å²) in [6, 6.07) is 0. The molecule has 5 heteroatoms. The van der Waals surface area contributed by atoms with Gasteiger partial charge in [-0.3, -0.25) is 0 Å². The number of hydrogen-bond acceptors (Lipinski definition) is 2. The van der Waals surface area contributed by atoms with Gasteiger partial charge < -0.3 is 16.3 Å². The summed E-state index contributed by atoms with van der Waals surface area (Å²) in [5.41, 5.74) is 0. The molecule has 0 aliphatic heterocycles. The van der Waals surface area contributed by atoms with Crippen LogP contribution in [0.3, 0.4) is 0 Å². The summed E-state index contributed by atoms with van der Waals surface area (Å²) in [6.45, 7) is 0. The van der Waals surface area contributed by atoms with Gasteiger partial charge in [0, 0.05) is 5.48 Å². The quantitative estimate of drug-likeness (QED) is 0.342. The van der Waals surface area contributed by atoms with Crippen LogP contribution in [0.15, 0.2) is 0 Å². The van der Waals surface area contributed by atoms with Gasteiger partial charge in [-0.15, -0.1) is 0 Å². The molecule has 5 nitrogen and oxygen atoms in total. The zero-order chi connectivity index (χ0) is 4.00. The van der Waals surface area contributed by atoms with Gasteiger partial charge in [-0.05, 0) is 0 Å². The van der Waals surface area contributed by atoms with Crippen LogP contribution in [0.25, 0.3) is 0 Å². The fraction of sp³-hybridized carbons (Fsp3) is 0. The fourth-order valence-electron chi connectivity index (χ4n) is 0. The maximum Gasteiger partial charge on any atom is 0.442 e. The van der Waals surface area contributed by atoms with E-state index < -0.39 is 0 Å². The van der Waals surface area contributed by atoms with E-state index in [4.69, 9.17) is 16.3 Å². The van der Waals surface area contributed by atoms with Gasteiger partial charge in [0.05, 0.1) is 0 Å². The molecular weight excluding hydrogens is 76.0 g/mol. The van der Waals surface area contributed by atoms with Crippen molar-refractivity contribution in [2.24, 2.45) is 0 Å². The lowest BCUT2D eigenvalue weighted by Crippen LogP contribution is -2.37. The van der Waals surface area contributed by atoms with E-state index in [-0.39, 0.29) is 5.48 Å². The first-order chi connectivity index (χ1) is 2.00. The molecule has 0 rings (SSSR count). The van der Waals surface area contributed by atoms with Crippen molar-refractivity contribution < 1.29 is 11.4 Å². The van der Waals surface area contributed by atoms with Crippen LogP contribution in [0, 0.1) is 10.4 Å². The lowest BCUT2D eigenvalue weighted by molar-refractivity contribution is -0.275. The third kappa shape index (κ3) is 308. The summed E-state index contributed by atoms with van der Waals surface area (Å²) >= 11 is 0. The Kier molecular flexibility index (Phi) is 3190. The Morgan fingerprint density at radius 2 is 1.20 bits per heavy atom. The lowest BCUT2D eigenvalue weighted by Gasteiger charge is -1.52. The van der Waals surface area contributed by atoms with Crippen LogP contribution in [0.2, 0.25) is 0 Å². The maximum absolute atomic E-state index is 8.00. The lowest BCUT2D eigenvalue weighted by atomic mass is 13.6. The van der Waals surface area contributed by atoms with Gasteiger partial charge in [0.2, 0.25) is 0 Å². The highest BCUT2D eigenvalue weighted by atomic mass is 16.4. The summed E-state index contributed by atoms with van der Waals surface area (Å²) in [6.07, 6.45) is 0. The van der Waals surface area contributed by atoms with E-state index in [9.17, 15) is 0 Å². The number of nitrogens with zero attached hydrogens (tertiary/aromatic N) is 1. The first kappa shape index (κ1) is 21.4. The molecule has 0 aliphatic rings. The Bertz CT molecular complexity index is 4.85. The Labute approximate surface area is 29.0 Å². The van der Waals surface area contributed by atoms with Gasteiger partial charge >= 0.3 is 5.90 Å². The second-order valence-corrected chi connectivity index (χ2v) is 0. The minimum absolute atomic E-state index is 0. The van der Waals surface area contributed by atoms with E-state index in [2.05, 4.69) is 0 Å². The number of hydrogen-bond donors (Lipinski definition) is 1. The van der Waals surface area contributed by atoms with Crippen LogP contribution in [-0.4, -0.2) is 0 Å². The van der Waals surface area contributed by atoms with Gasteiger partial charge in [-0.1, -0.05) is 0 Å². The average molecular weight is 79.0 g/mol. The first-order valence-corrected chi connectivity index (χ1v) is 0.471. The highest BCUT2D eigenvalue weighted by molar-refractivity contribution is 3.93. The minimum Gasteiger partial charge on any atom is -0.637 e. The Balaban J connectivity index is -0.0000000133. The highest BCUT2D eigenvalue weighted by Crippen LogP contribution is 0.809. The zero-order valence-electron chi connectivity index (χ0n) is 2.38. The Hall–Kier alpha value is -0.200. The summed E-state index contributed by atoms with van der Waals surface area (Å²) in [4.78, 5) is 0. The van der Waals surface area contributed by atoms with Crippen LogP contribution < -0.4 is 11.8 Å². The Morgan fingerprint density at radius 1 is 1.20 bits per heavy atom. The van der Waals surface area contributed by atoms with Crippen molar-refractivity contribution in [1.29, 1.82) is 0 Å². The molecule has 0 aromatic rings. The van der Waals surface area contributed by atoms with Crippen molar-refractivity contribution in [3.63, 3.8) is 0 Å². The maximum atomic E-state index is 8.00. The van der Waals surface area contributed by atoms with Crippen molar-refractivity contribution in [3.05, 3.63) is 10.4 Å². The smallest absolute Gasteiger partial charge is 0.442 e. The van der Waals surface area contributed by atoms with Crippen LogP contribution >= 0.6 is 0 Å². The molecule has 3 N–H and O–H groups in total. The van der Waals surface area contributed by atoms with Crippen LogP contribution in [0.4, 0.5) is 0 Å². The van der Waals surface area contributed by atoms with Crippen LogP contribution in [0.5, 0.6) is 0 Å². The van der Waals surface area contributed by atoms with E-state index >= 15 is 0 Å². The van der Waals surface area contributed by atoms with E-state index in [1.165, 1.54) is 0 Å². The summed E-state index contributed by atoms with van der Waals surface area (Å²) in [5.74, 6) is 7.75. The molecular formula is H3N2O3. The molecule has 0 amide bonds. The van der Waals surface area contributed by atoms with Gasteiger partial charge in [0.1, 0.15) is 0 Å². The average Bonchev–Trinajstić information content (AvgIpc) is 1.50. The van der Waals surface area contributed by atoms with E-state index in [0.717, 1.165) is 0 Å². The molecule has 0 bridgehead atoms. The Morgan fingerprint density at radius 3 is 1.20 bits per heavy atom. The molecule has 31 valence electrons. The van der Waals surface area contributed by atoms with E-state index in [0.29, 0.717) is 0 Å². The molecule has 0 atom stereocenters. The molecule has 0 aliphatic carbocycles. The highest BCUT2D eigenvalue weighted by Gasteiger charge is 1.09. The van der Waals surface area contributed by atoms with Gasteiger partial charge in [0.25, 0.3) is 0 Å². The molecule has 0 aromatic heterocycles. The van der Waals surface area contributed by atoms with E-state index in [1.807, 2.05) is 5.90 Å². The molecule has 0 spiro atoms. The SMILES string of the molecule is [N+][O-].[NH3+][O-].[O]. The summed E-state index contributed by atoms with van der Waals surface area (Å²) < 4.78 is 0.